The van der Waals surface area contributed by atoms with Crippen molar-refractivity contribution in [1.29, 1.82) is 0 Å². The number of nitrogens with one attached hydrogen (secondary N) is 1. The van der Waals surface area contributed by atoms with Crippen molar-refractivity contribution in [2.75, 3.05) is 10.2 Å². The predicted molar refractivity (Wildman–Crippen MR) is 103 cm³/mol. The van der Waals surface area contributed by atoms with Crippen LogP contribution in [0.1, 0.15) is 43.2 Å². The zero-order chi connectivity index (χ0) is 18.8. The third-order valence-electron chi connectivity index (χ3n) is 5.57. The first-order chi connectivity index (χ1) is 13.1. The summed E-state index contributed by atoms with van der Waals surface area (Å²) < 4.78 is 0. The number of amides is 2. The van der Waals surface area contributed by atoms with E-state index in [0.717, 1.165) is 29.7 Å². The quantitative estimate of drug-likeness (QED) is 0.884. The number of aromatic nitrogens is 2. The number of nitrogens with zero attached hydrogens (tertiary/aromatic N) is 3. The summed E-state index contributed by atoms with van der Waals surface area (Å²) in [5.41, 5.74) is 2.95. The summed E-state index contributed by atoms with van der Waals surface area (Å²) in [4.78, 5) is 35.8. The van der Waals surface area contributed by atoms with Gasteiger partial charge in [-0.05, 0) is 36.5 Å². The number of fused-ring (bicyclic) bond motifs is 1. The number of hydrogen-bond donors (Lipinski definition) is 1. The van der Waals surface area contributed by atoms with Gasteiger partial charge in [-0.25, -0.2) is 4.98 Å². The highest BCUT2D eigenvalue weighted by atomic mass is 16.2. The lowest BCUT2D eigenvalue weighted by molar-refractivity contribution is -0.123. The molecule has 6 nitrogen and oxygen atoms in total. The molecule has 6 heteroatoms. The van der Waals surface area contributed by atoms with Gasteiger partial charge in [-0.15, -0.1) is 0 Å². The number of anilines is 2. The van der Waals surface area contributed by atoms with Crippen molar-refractivity contribution in [1.82, 2.24) is 9.97 Å². The number of rotatable bonds is 5. The molecule has 2 aromatic rings. The molecule has 2 heterocycles. The molecule has 1 aromatic heterocycles. The Morgan fingerprint density at radius 1 is 1.30 bits per heavy atom. The Morgan fingerprint density at radius 3 is 2.85 bits per heavy atom. The van der Waals surface area contributed by atoms with Crippen LogP contribution in [0.25, 0.3) is 0 Å². The molecule has 0 saturated heterocycles. The summed E-state index contributed by atoms with van der Waals surface area (Å²) >= 11 is 0. The fourth-order valence-electron chi connectivity index (χ4n) is 4.24. The second kappa shape index (κ2) is 7.47. The average molecular weight is 364 g/mol. The van der Waals surface area contributed by atoms with Gasteiger partial charge in [-0.3, -0.25) is 19.5 Å². The van der Waals surface area contributed by atoms with Gasteiger partial charge in [0.1, 0.15) is 6.04 Å². The van der Waals surface area contributed by atoms with Gasteiger partial charge in [-0.1, -0.05) is 37.8 Å². The number of carbonyl (C=O) groups is 2. The first-order valence-electron chi connectivity index (χ1n) is 9.60. The molecule has 1 aromatic carbocycles. The van der Waals surface area contributed by atoms with Crippen LogP contribution in [0, 0.1) is 12.8 Å². The number of benzene rings is 1. The van der Waals surface area contributed by atoms with Crippen LogP contribution in [-0.2, 0) is 16.0 Å². The summed E-state index contributed by atoms with van der Waals surface area (Å²) in [5.74, 6) is 0.692. The molecule has 140 valence electrons. The third kappa shape index (κ3) is 3.70. The van der Waals surface area contributed by atoms with E-state index in [1.807, 2.05) is 25.1 Å². The zero-order valence-electron chi connectivity index (χ0n) is 15.5. The van der Waals surface area contributed by atoms with E-state index >= 15 is 0 Å². The minimum atomic E-state index is -0.523. The van der Waals surface area contributed by atoms with E-state index in [-0.39, 0.29) is 11.8 Å². The van der Waals surface area contributed by atoms with Crippen molar-refractivity contribution in [3.05, 3.63) is 47.9 Å². The molecule has 27 heavy (non-hydrogen) atoms. The topological polar surface area (TPSA) is 75.2 Å². The first kappa shape index (κ1) is 17.6. The highest BCUT2D eigenvalue weighted by Crippen LogP contribution is 2.36. The van der Waals surface area contributed by atoms with Crippen LogP contribution >= 0.6 is 0 Å². The smallest absolute Gasteiger partial charge is 0.248 e. The largest absolute Gasteiger partial charge is 0.308 e. The molecule has 1 fully saturated rings. The van der Waals surface area contributed by atoms with Gasteiger partial charge in [0, 0.05) is 18.1 Å². The van der Waals surface area contributed by atoms with Gasteiger partial charge in [0.05, 0.1) is 12.6 Å². The van der Waals surface area contributed by atoms with E-state index in [1.54, 1.807) is 17.3 Å². The molecular weight excluding hydrogens is 340 g/mol. The Hall–Kier alpha value is -2.76. The standard InChI is InChI=1S/C21H24N4O2/c1-14-6-7-16-12-20(26)25(17(16)10-14)18(11-15-4-2-3-5-15)21(27)24-19-13-22-8-9-23-19/h6-10,13,15,18H,2-5,11-12H2,1H3,(H,23,24,27). The van der Waals surface area contributed by atoms with Crippen molar-refractivity contribution in [2.24, 2.45) is 5.92 Å². The predicted octanol–water partition coefficient (Wildman–Crippen LogP) is 3.26. The van der Waals surface area contributed by atoms with Crippen LogP contribution in [0.5, 0.6) is 0 Å². The van der Waals surface area contributed by atoms with E-state index in [4.69, 9.17) is 0 Å². The molecule has 1 aliphatic heterocycles. The molecular formula is C21H24N4O2. The van der Waals surface area contributed by atoms with Gasteiger partial charge >= 0.3 is 0 Å². The van der Waals surface area contributed by atoms with Gasteiger partial charge in [0.25, 0.3) is 0 Å². The molecule has 4 rings (SSSR count). The fourth-order valence-corrected chi connectivity index (χ4v) is 4.24. The maximum Gasteiger partial charge on any atom is 0.248 e. The molecule has 1 saturated carbocycles. The Labute approximate surface area is 159 Å². The SMILES string of the molecule is Cc1ccc2c(c1)N(C(CC1CCCC1)C(=O)Nc1cnccn1)C(=O)C2. The lowest BCUT2D eigenvalue weighted by Gasteiger charge is -2.29. The summed E-state index contributed by atoms with van der Waals surface area (Å²) in [5, 5.41) is 2.85. The Morgan fingerprint density at radius 2 is 2.11 bits per heavy atom. The molecule has 0 radical (unpaired) electrons. The van der Waals surface area contributed by atoms with Gasteiger partial charge in [0.2, 0.25) is 11.8 Å². The molecule has 1 atom stereocenters. The van der Waals surface area contributed by atoms with Crippen LogP contribution in [0.2, 0.25) is 0 Å². The number of aryl methyl sites for hydroxylation is 1. The van der Waals surface area contributed by atoms with E-state index in [2.05, 4.69) is 15.3 Å². The summed E-state index contributed by atoms with van der Waals surface area (Å²) in [6.07, 6.45) is 10.3. The van der Waals surface area contributed by atoms with Crippen molar-refractivity contribution in [3.63, 3.8) is 0 Å². The molecule has 1 unspecified atom stereocenters. The highest BCUT2D eigenvalue weighted by molar-refractivity contribution is 6.08. The van der Waals surface area contributed by atoms with Crippen LogP contribution in [0.3, 0.4) is 0 Å². The maximum atomic E-state index is 13.2. The fraction of sp³-hybridized carbons (Fsp3) is 0.429. The lowest BCUT2D eigenvalue weighted by Crippen LogP contribution is -2.47. The van der Waals surface area contributed by atoms with E-state index in [1.165, 1.54) is 19.0 Å². The molecule has 0 bridgehead atoms. The van der Waals surface area contributed by atoms with Gasteiger partial charge in [0.15, 0.2) is 5.82 Å². The van der Waals surface area contributed by atoms with E-state index in [9.17, 15) is 9.59 Å². The Balaban J connectivity index is 1.64. The van der Waals surface area contributed by atoms with Gasteiger partial charge < -0.3 is 5.32 Å². The Kier molecular flexibility index (Phi) is 4.88. The second-order valence-electron chi connectivity index (χ2n) is 7.55. The molecule has 2 aliphatic rings. The number of hydrogen-bond acceptors (Lipinski definition) is 4. The minimum Gasteiger partial charge on any atom is -0.308 e. The monoisotopic (exact) mass is 364 g/mol. The first-order valence-corrected chi connectivity index (χ1v) is 9.60. The van der Waals surface area contributed by atoms with Crippen molar-refractivity contribution in [2.45, 2.75) is 51.5 Å². The summed E-state index contributed by atoms with van der Waals surface area (Å²) in [6, 6.07) is 5.50. The van der Waals surface area contributed by atoms with Crippen LogP contribution in [0.15, 0.2) is 36.8 Å². The van der Waals surface area contributed by atoms with Crippen molar-refractivity contribution < 1.29 is 9.59 Å². The molecule has 1 aliphatic carbocycles. The summed E-state index contributed by atoms with van der Waals surface area (Å²) in [6.45, 7) is 2.01. The summed E-state index contributed by atoms with van der Waals surface area (Å²) in [7, 11) is 0. The molecule has 0 spiro atoms. The van der Waals surface area contributed by atoms with E-state index in [0.29, 0.717) is 24.6 Å². The normalized spacial score (nSPS) is 17.8. The maximum absolute atomic E-state index is 13.2. The van der Waals surface area contributed by atoms with Crippen LogP contribution in [0.4, 0.5) is 11.5 Å². The van der Waals surface area contributed by atoms with Crippen molar-refractivity contribution in [3.8, 4) is 0 Å². The van der Waals surface area contributed by atoms with Gasteiger partial charge in [-0.2, -0.15) is 0 Å². The average Bonchev–Trinajstić information content (AvgIpc) is 3.27. The van der Waals surface area contributed by atoms with E-state index < -0.39 is 6.04 Å². The van der Waals surface area contributed by atoms with Crippen molar-refractivity contribution >= 4 is 23.3 Å². The molecule has 2 amide bonds. The van der Waals surface area contributed by atoms with Crippen LogP contribution < -0.4 is 10.2 Å². The number of carbonyl (C=O) groups excluding carboxylic acids is 2. The van der Waals surface area contributed by atoms with Crippen LogP contribution in [-0.4, -0.2) is 27.8 Å². The lowest BCUT2D eigenvalue weighted by atomic mass is 9.96. The second-order valence-corrected chi connectivity index (χ2v) is 7.55. The minimum absolute atomic E-state index is 0.00658. The Bertz CT molecular complexity index is 847. The zero-order valence-corrected chi connectivity index (χ0v) is 15.5. The third-order valence-corrected chi connectivity index (χ3v) is 5.57. The highest BCUT2D eigenvalue weighted by Gasteiger charge is 2.38. The molecule has 1 N–H and O–H groups in total.